The third kappa shape index (κ3) is 3.53. The highest BCUT2D eigenvalue weighted by atomic mass is 35.5. The summed E-state index contributed by atoms with van der Waals surface area (Å²) in [5.41, 5.74) is 0.147. The van der Waals surface area contributed by atoms with E-state index in [0.29, 0.717) is 12.3 Å². The number of aromatic nitrogens is 2. The number of hydrogen-bond acceptors (Lipinski definition) is 5. The summed E-state index contributed by atoms with van der Waals surface area (Å²) in [4.78, 5) is 24.9. The van der Waals surface area contributed by atoms with E-state index in [9.17, 15) is 9.59 Å². The smallest absolute Gasteiger partial charge is 0.305 e. The molecule has 1 N–H and O–H groups in total. The molecule has 0 spiro atoms. The summed E-state index contributed by atoms with van der Waals surface area (Å²) in [6.07, 6.45) is -0.0946. The zero-order valence-electron chi connectivity index (χ0n) is 10.3. The van der Waals surface area contributed by atoms with E-state index in [2.05, 4.69) is 10.2 Å². The van der Waals surface area contributed by atoms with Crippen molar-refractivity contribution < 1.29 is 14.7 Å². The highest BCUT2D eigenvalue weighted by Crippen LogP contribution is 2.24. The summed E-state index contributed by atoms with van der Waals surface area (Å²) in [6, 6.07) is 0.987. The minimum atomic E-state index is -0.938. The summed E-state index contributed by atoms with van der Waals surface area (Å²) in [5, 5.41) is 16.1. The van der Waals surface area contributed by atoms with Crippen LogP contribution >= 0.6 is 35.0 Å². The Balaban J connectivity index is 2.25. The fourth-order valence-corrected chi connectivity index (χ4v) is 3.33. The van der Waals surface area contributed by atoms with Crippen LogP contribution in [0, 0.1) is 0 Å². The van der Waals surface area contributed by atoms with E-state index in [-0.39, 0.29) is 34.2 Å². The number of carboxylic acid groups (broad SMARTS) is 1. The zero-order chi connectivity index (χ0) is 14.7. The van der Waals surface area contributed by atoms with Crippen LogP contribution in [0.2, 0.25) is 10.3 Å². The van der Waals surface area contributed by atoms with E-state index in [1.54, 1.807) is 11.8 Å². The van der Waals surface area contributed by atoms with Gasteiger partial charge in [-0.1, -0.05) is 23.2 Å². The Labute approximate surface area is 129 Å². The number of carboxylic acids is 1. The first-order valence-electron chi connectivity index (χ1n) is 5.78. The van der Waals surface area contributed by atoms with Crippen molar-refractivity contribution in [3.05, 3.63) is 21.9 Å². The minimum absolute atomic E-state index is 0.0355. The van der Waals surface area contributed by atoms with Crippen LogP contribution in [0.15, 0.2) is 6.07 Å². The van der Waals surface area contributed by atoms with Crippen LogP contribution in [0.1, 0.15) is 16.8 Å². The molecule has 2 rings (SSSR count). The van der Waals surface area contributed by atoms with Crippen LogP contribution in [-0.2, 0) is 4.79 Å². The van der Waals surface area contributed by atoms with Gasteiger partial charge in [-0.05, 0) is 6.07 Å². The lowest BCUT2D eigenvalue weighted by Gasteiger charge is -2.34. The average molecular weight is 336 g/mol. The summed E-state index contributed by atoms with van der Waals surface area (Å²) in [7, 11) is 0. The maximum Gasteiger partial charge on any atom is 0.305 e. The molecule has 1 aliphatic heterocycles. The summed E-state index contributed by atoms with van der Waals surface area (Å²) in [6.45, 7) is 0.470. The first-order valence-corrected chi connectivity index (χ1v) is 7.69. The van der Waals surface area contributed by atoms with Gasteiger partial charge >= 0.3 is 5.97 Å². The molecule has 0 aliphatic carbocycles. The van der Waals surface area contributed by atoms with Gasteiger partial charge in [0, 0.05) is 18.1 Å². The first kappa shape index (κ1) is 15.3. The van der Waals surface area contributed by atoms with E-state index >= 15 is 0 Å². The van der Waals surface area contributed by atoms with Gasteiger partial charge in [0.15, 0.2) is 10.3 Å². The van der Waals surface area contributed by atoms with E-state index in [0.717, 1.165) is 5.75 Å². The molecule has 2 heterocycles. The van der Waals surface area contributed by atoms with E-state index in [1.165, 1.54) is 11.0 Å². The minimum Gasteiger partial charge on any atom is -0.481 e. The fraction of sp³-hybridized carbons (Fsp3) is 0.455. The van der Waals surface area contributed by atoms with Gasteiger partial charge in [0.1, 0.15) is 0 Å². The Morgan fingerprint density at radius 1 is 1.45 bits per heavy atom. The SMILES string of the molecule is O=C(O)CC1CSCCN1C(=O)c1cc(Cl)nnc1Cl. The van der Waals surface area contributed by atoms with Crippen LogP contribution in [0.4, 0.5) is 0 Å². The molecule has 0 radical (unpaired) electrons. The van der Waals surface area contributed by atoms with Gasteiger partial charge in [-0.25, -0.2) is 0 Å². The second-order valence-electron chi connectivity index (χ2n) is 4.20. The standard InChI is InChI=1S/C11H11Cl2N3O3S/c12-8-4-7(10(13)15-14-8)11(19)16-1-2-20-5-6(16)3-9(17)18/h4,6H,1-3,5H2,(H,17,18). The molecule has 1 aromatic rings. The van der Waals surface area contributed by atoms with Gasteiger partial charge in [0.25, 0.3) is 5.91 Å². The van der Waals surface area contributed by atoms with Crippen LogP contribution < -0.4 is 0 Å². The molecule has 9 heteroatoms. The van der Waals surface area contributed by atoms with Crippen molar-refractivity contribution in [2.24, 2.45) is 0 Å². The molecule has 6 nitrogen and oxygen atoms in total. The summed E-state index contributed by atoms with van der Waals surface area (Å²) >= 11 is 13.2. The van der Waals surface area contributed by atoms with Crippen LogP contribution in [0.25, 0.3) is 0 Å². The van der Waals surface area contributed by atoms with Gasteiger partial charge in [-0.2, -0.15) is 11.8 Å². The first-order chi connectivity index (χ1) is 9.49. The van der Waals surface area contributed by atoms with Crippen LogP contribution in [0.3, 0.4) is 0 Å². The lowest BCUT2D eigenvalue weighted by atomic mass is 10.1. The molecule has 0 aromatic carbocycles. The van der Waals surface area contributed by atoms with Crippen molar-refractivity contribution in [3.63, 3.8) is 0 Å². The Morgan fingerprint density at radius 3 is 2.90 bits per heavy atom. The Bertz CT molecular complexity index is 544. The third-order valence-electron chi connectivity index (χ3n) is 2.85. The number of nitrogens with zero attached hydrogens (tertiary/aromatic N) is 3. The number of rotatable bonds is 3. The Kier molecular flexibility index (Phi) is 5.06. The van der Waals surface area contributed by atoms with E-state index in [4.69, 9.17) is 28.3 Å². The van der Waals surface area contributed by atoms with E-state index in [1.807, 2.05) is 0 Å². The number of aliphatic carboxylic acids is 1. The van der Waals surface area contributed by atoms with Gasteiger partial charge in [-0.3, -0.25) is 9.59 Å². The molecule has 1 amide bonds. The molecule has 20 heavy (non-hydrogen) atoms. The molecular weight excluding hydrogens is 325 g/mol. The van der Waals surface area contributed by atoms with Gasteiger partial charge in [0.05, 0.1) is 18.0 Å². The van der Waals surface area contributed by atoms with Gasteiger partial charge < -0.3 is 10.0 Å². The largest absolute Gasteiger partial charge is 0.481 e. The summed E-state index contributed by atoms with van der Waals surface area (Å²) < 4.78 is 0. The number of hydrogen-bond donors (Lipinski definition) is 1. The quantitative estimate of drug-likeness (QED) is 0.906. The zero-order valence-corrected chi connectivity index (χ0v) is 12.6. The van der Waals surface area contributed by atoms with Gasteiger partial charge in [-0.15, -0.1) is 10.2 Å². The molecule has 108 valence electrons. The topological polar surface area (TPSA) is 83.4 Å². The lowest BCUT2D eigenvalue weighted by molar-refractivity contribution is -0.138. The summed E-state index contributed by atoms with van der Waals surface area (Å²) in [5.74, 6) is 0.0406. The third-order valence-corrected chi connectivity index (χ3v) is 4.40. The molecule has 1 atom stereocenters. The maximum atomic E-state index is 12.5. The highest BCUT2D eigenvalue weighted by Gasteiger charge is 2.31. The van der Waals surface area contributed by atoms with Crippen molar-refractivity contribution in [2.75, 3.05) is 18.1 Å². The predicted octanol–water partition coefficient (Wildman–Crippen LogP) is 1.82. The van der Waals surface area contributed by atoms with Crippen molar-refractivity contribution in [3.8, 4) is 0 Å². The second kappa shape index (κ2) is 6.60. The number of amides is 1. The molecule has 1 unspecified atom stereocenters. The second-order valence-corrected chi connectivity index (χ2v) is 6.09. The number of carbonyl (C=O) groups is 2. The van der Waals surface area contributed by atoms with Crippen molar-refractivity contribution in [1.82, 2.24) is 15.1 Å². The van der Waals surface area contributed by atoms with Gasteiger partial charge in [0.2, 0.25) is 0 Å². The van der Waals surface area contributed by atoms with Crippen molar-refractivity contribution in [2.45, 2.75) is 12.5 Å². The monoisotopic (exact) mass is 335 g/mol. The van der Waals surface area contributed by atoms with Crippen LogP contribution in [-0.4, -0.2) is 56.2 Å². The molecule has 1 aromatic heterocycles. The number of halogens is 2. The van der Waals surface area contributed by atoms with Crippen molar-refractivity contribution in [1.29, 1.82) is 0 Å². The van der Waals surface area contributed by atoms with Crippen molar-refractivity contribution >= 4 is 46.8 Å². The molecule has 1 fully saturated rings. The number of carbonyl (C=O) groups excluding carboxylic acids is 1. The number of thioether (sulfide) groups is 1. The molecule has 0 bridgehead atoms. The Hall–Kier alpha value is -1.05. The Morgan fingerprint density at radius 2 is 2.20 bits per heavy atom. The molecule has 1 saturated heterocycles. The van der Waals surface area contributed by atoms with E-state index < -0.39 is 5.97 Å². The van der Waals surface area contributed by atoms with Crippen LogP contribution in [0.5, 0.6) is 0 Å². The highest BCUT2D eigenvalue weighted by molar-refractivity contribution is 7.99. The molecule has 1 aliphatic rings. The predicted molar refractivity (Wildman–Crippen MR) is 76.5 cm³/mol. The average Bonchev–Trinajstić information content (AvgIpc) is 2.41. The normalized spacial score (nSPS) is 18.9. The maximum absolute atomic E-state index is 12.5. The lowest BCUT2D eigenvalue weighted by Crippen LogP contribution is -2.47. The molecule has 0 saturated carbocycles. The molecular formula is C11H11Cl2N3O3S. The fourth-order valence-electron chi connectivity index (χ4n) is 1.95.